The van der Waals surface area contributed by atoms with E-state index in [1.165, 1.54) is 25.7 Å². The number of hydrogen-bond acceptors (Lipinski definition) is 6. The van der Waals surface area contributed by atoms with Gasteiger partial charge in [-0.15, -0.1) is 11.3 Å². The molecule has 3 aromatic heterocycles. The molecule has 26 heavy (non-hydrogen) atoms. The smallest absolute Gasteiger partial charge is 0.162 e. The van der Waals surface area contributed by atoms with Crippen LogP contribution in [0.1, 0.15) is 38.2 Å². The van der Waals surface area contributed by atoms with Crippen LogP contribution in [0.25, 0.3) is 21.6 Å². The van der Waals surface area contributed by atoms with E-state index in [0.717, 1.165) is 27.2 Å². The van der Waals surface area contributed by atoms with Crippen molar-refractivity contribution >= 4 is 27.4 Å². The molecule has 0 aliphatic heterocycles. The third-order valence-electron chi connectivity index (χ3n) is 4.47. The van der Waals surface area contributed by atoms with E-state index in [2.05, 4.69) is 22.1 Å². The summed E-state index contributed by atoms with van der Waals surface area (Å²) < 4.78 is 1.02. The van der Waals surface area contributed by atoms with Crippen LogP contribution in [-0.4, -0.2) is 32.2 Å². The first-order chi connectivity index (χ1) is 12.7. The lowest BCUT2D eigenvalue weighted by molar-refractivity contribution is 0.253. The van der Waals surface area contributed by atoms with Crippen LogP contribution >= 0.6 is 11.3 Å². The number of thiophene rings is 1. The number of nitrogens with zero attached hydrogens (tertiary/aromatic N) is 3. The molecule has 1 atom stereocenters. The monoisotopic (exact) mass is 364 g/mol. The van der Waals surface area contributed by atoms with Crippen molar-refractivity contribution in [3.8, 4) is 23.2 Å². The van der Waals surface area contributed by atoms with Crippen molar-refractivity contribution in [1.29, 1.82) is 0 Å². The van der Waals surface area contributed by atoms with E-state index >= 15 is 0 Å². The van der Waals surface area contributed by atoms with E-state index in [4.69, 9.17) is 9.97 Å². The number of aromatic nitrogens is 3. The van der Waals surface area contributed by atoms with Gasteiger partial charge in [-0.3, -0.25) is 4.98 Å². The molecule has 1 aliphatic rings. The molecule has 0 amide bonds. The van der Waals surface area contributed by atoms with Gasteiger partial charge in [0.05, 0.1) is 10.3 Å². The molecule has 0 spiro atoms. The van der Waals surface area contributed by atoms with E-state index in [1.807, 2.05) is 17.5 Å². The fourth-order valence-corrected chi connectivity index (χ4v) is 4.07. The summed E-state index contributed by atoms with van der Waals surface area (Å²) in [6.07, 6.45) is 7.70. The maximum Gasteiger partial charge on any atom is 0.162 e. The van der Waals surface area contributed by atoms with Gasteiger partial charge in [-0.25, -0.2) is 9.97 Å². The molecule has 1 aliphatic carbocycles. The Kier molecular flexibility index (Phi) is 4.83. The first kappa shape index (κ1) is 17.0. The molecule has 0 bridgehead atoms. The van der Waals surface area contributed by atoms with Gasteiger partial charge in [-0.2, -0.15) is 0 Å². The fraction of sp³-hybridized carbons (Fsp3) is 0.350. The lowest BCUT2D eigenvalue weighted by Crippen LogP contribution is -2.16. The van der Waals surface area contributed by atoms with Crippen molar-refractivity contribution in [2.24, 2.45) is 0 Å². The molecule has 5 nitrogen and oxygen atoms in total. The molecule has 4 rings (SSSR count). The van der Waals surface area contributed by atoms with Crippen LogP contribution in [0, 0.1) is 11.8 Å². The van der Waals surface area contributed by atoms with Crippen molar-refractivity contribution in [2.45, 2.75) is 44.8 Å². The second kappa shape index (κ2) is 7.40. The Hall–Kier alpha value is -2.49. The third kappa shape index (κ3) is 3.55. The number of pyridine rings is 1. The molecule has 0 unspecified atom stereocenters. The van der Waals surface area contributed by atoms with Crippen molar-refractivity contribution in [1.82, 2.24) is 15.0 Å². The van der Waals surface area contributed by atoms with Crippen LogP contribution in [0.2, 0.25) is 0 Å². The minimum Gasteiger partial charge on any atom is -0.381 e. The van der Waals surface area contributed by atoms with Gasteiger partial charge < -0.3 is 10.4 Å². The summed E-state index contributed by atoms with van der Waals surface area (Å²) in [7, 11) is 0. The average molecular weight is 364 g/mol. The molecule has 0 radical (unpaired) electrons. The van der Waals surface area contributed by atoms with Crippen molar-refractivity contribution in [2.75, 3.05) is 5.32 Å². The maximum atomic E-state index is 9.48. The lowest BCUT2D eigenvalue weighted by Gasteiger charge is -2.14. The van der Waals surface area contributed by atoms with Gasteiger partial charge >= 0.3 is 0 Å². The van der Waals surface area contributed by atoms with Crippen LogP contribution in [0.15, 0.2) is 29.9 Å². The highest BCUT2D eigenvalue weighted by molar-refractivity contribution is 7.18. The first-order valence-electron chi connectivity index (χ1n) is 8.86. The molecule has 3 heterocycles. The Balaban J connectivity index is 1.84. The Morgan fingerprint density at radius 2 is 2.00 bits per heavy atom. The summed E-state index contributed by atoms with van der Waals surface area (Å²) >= 11 is 1.60. The van der Waals surface area contributed by atoms with Crippen molar-refractivity contribution < 1.29 is 5.11 Å². The molecular weight excluding hydrogens is 344 g/mol. The standard InChI is InChI=1S/C20H20N4OS/c1-13(25)6-7-15-12-26-18-17(15)23-19(14-8-10-21-11-9-14)24-20(18)22-16-4-2-3-5-16/h8-13,16,25H,2-5H2,1H3,(H,22,23,24)/t13-/m0/s1. The Morgan fingerprint density at radius 3 is 2.73 bits per heavy atom. The summed E-state index contributed by atoms with van der Waals surface area (Å²) in [4.78, 5) is 13.6. The molecule has 132 valence electrons. The zero-order valence-electron chi connectivity index (χ0n) is 14.6. The largest absolute Gasteiger partial charge is 0.381 e. The molecule has 2 N–H and O–H groups in total. The molecule has 1 fully saturated rings. The van der Waals surface area contributed by atoms with E-state index in [0.29, 0.717) is 11.9 Å². The molecular formula is C20H20N4OS. The summed E-state index contributed by atoms with van der Waals surface area (Å²) in [6, 6.07) is 4.29. The Bertz CT molecular complexity index is 966. The molecule has 0 aromatic carbocycles. The quantitative estimate of drug-likeness (QED) is 0.691. The van der Waals surface area contributed by atoms with E-state index in [9.17, 15) is 5.11 Å². The van der Waals surface area contributed by atoms with Crippen LogP contribution in [0.3, 0.4) is 0 Å². The number of hydrogen-bond donors (Lipinski definition) is 2. The Morgan fingerprint density at radius 1 is 1.23 bits per heavy atom. The highest BCUT2D eigenvalue weighted by Crippen LogP contribution is 2.33. The normalized spacial score (nSPS) is 15.6. The van der Waals surface area contributed by atoms with Gasteiger partial charge in [0.25, 0.3) is 0 Å². The van der Waals surface area contributed by atoms with Crippen molar-refractivity contribution in [3.05, 3.63) is 35.5 Å². The van der Waals surface area contributed by atoms with Gasteiger partial charge in [0.1, 0.15) is 17.4 Å². The van der Waals surface area contributed by atoms with Crippen LogP contribution in [0.4, 0.5) is 5.82 Å². The van der Waals surface area contributed by atoms with Crippen LogP contribution in [0.5, 0.6) is 0 Å². The number of rotatable bonds is 3. The Labute approximate surface area is 156 Å². The fourth-order valence-electron chi connectivity index (χ4n) is 3.18. The second-order valence-corrected chi connectivity index (χ2v) is 7.41. The van der Waals surface area contributed by atoms with E-state index < -0.39 is 6.10 Å². The summed E-state index contributed by atoms with van der Waals surface area (Å²) in [5.74, 6) is 7.40. The summed E-state index contributed by atoms with van der Waals surface area (Å²) in [5.41, 5.74) is 2.60. The van der Waals surface area contributed by atoms with Crippen LogP contribution < -0.4 is 5.32 Å². The SMILES string of the molecule is C[C@H](O)C#Cc1csc2c(NC3CCCC3)nc(-c3ccncc3)nc12. The number of nitrogens with one attached hydrogen (secondary N) is 1. The van der Waals surface area contributed by atoms with Gasteiger partial charge in [0.2, 0.25) is 0 Å². The lowest BCUT2D eigenvalue weighted by atomic mass is 10.2. The minimum absolute atomic E-state index is 0.465. The number of aliphatic hydroxyl groups is 1. The van der Waals surface area contributed by atoms with Gasteiger partial charge in [-0.1, -0.05) is 24.7 Å². The highest BCUT2D eigenvalue weighted by Gasteiger charge is 2.19. The minimum atomic E-state index is -0.664. The average Bonchev–Trinajstić information content (AvgIpc) is 3.30. The molecule has 0 saturated heterocycles. The third-order valence-corrected chi connectivity index (χ3v) is 5.44. The van der Waals surface area contributed by atoms with E-state index in [1.54, 1.807) is 30.7 Å². The first-order valence-corrected chi connectivity index (χ1v) is 9.74. The molecule has 6 heteroatoms. The predicted molar refractivity (Wildman–Crippen MR) is 105 cm³/mol. The van der Waals surface area contributed by atoms with Crippen LogP contribution in [-0.2, 0) is 0 Å². The highest BCUT2D eigenvalue weighted by atomic mass is 32.1. The van der Waals surface area contributed by atoms with E-state index in [-0.39, 0.29) is 0 Å². The second-order valence-electron chi connectivity index (χ2n) is 6.53. The summed E-state index contributed by atoms with van der Waals surface area (Å²) in [5, 5.41) is 15.1. The molecule has 3 aromatic rings. The number of anilines is 1. The topological polar surface area (TPSA) is 70.9 Å². The zero-order valence-corrected chi connectivity index (χ0v) is 15.4. The van der Waals surface area contributed by atoms with Crippen molar-refractivity contribution in [3.63, 3.8) is 0 Å². The summed E-state index contributed by atoms with van der Waals surface area (Å²) in [6.45, 7) is 1.66. The number of aliphatic hydroxyl groups excluding tert-OH is 1. The number of fused-ring (bicyclic) bond motifs is 1. The predicted octanol–water partition coefficient (Wildman–Crippen LogP) is 3.84. The maximum absolute atomic E-state index is 9.48. The zero-order chi connectivity index (χ0) is 17.9. The van der Waals surface area contributed by atoms with Gasteiger partial charge in [0, 0.05) is 29.4 Å². The molecule has 1 saturated carbocycles. The van der Waals surface area contributed by atoms with Gasteiger partial charge in [0.15, 0.2) is 5.82 Å². The van der Waals surface area contributed by atoms with Gasteiger partial charge in [-0.05, 0) is 31.9 Å².